The molecule has 7 heteroatoms. The molecule has 3 nitrogen and oxygen atoms in total. The molecule has 2 rings (SSSR count). The van der Waals surface area contributed by atoms with Gasteiger partial charge in [-0.1, -0.05) is 12.1 Å². The third-order valence-corrected chi connectivity index (χ3v) is 3.37. The molecule has 1 atom stereocenters. The fourth-order valence-corrected chi connectivity index (χ4v) is 2.21. The second-order valence-electron chi connectivity index (χ2n) is 4.57. The Bertz CT molecular complexity index is 505. The summed E-state index contributed by atoms with van der Waals surface area (Å²) < 4.78 is 40.2. The zero-order valence-corrected chi connectivity index (χ0v) is 11.2. The van der Waals surface area contributed by atoms with E-state index in [0.717, 1.165) is 16.8 Å². The van der Waals surface area contributed by atoms with Gasteiger partial charge in [0.25, 0.3) is 0 Å². The third-order valence-electron chi connectivity index (χ3n) is 2.90. The third kappa shape index (κ3) is 4.11. The van der Waals surface area contributed by atoms with Gasteiger partial charge in [-0.25, -0.2) is 0 Å². The summed E-state index contributed by atoms with van der Waals surface area (Å²) in [4.78, 5) is 11.2. The molecule has 0 aromatic heterocycles. The van der Waals surface area contributed by atoms with E-state index >= 15 is 0 Å². The SMILES string of the molecule is O=C1Cc2cc(C(Cl)CCOCC(F)(F)F)ccc2N1. The van der Waals surface area contributed by atoms with E-state index in [1.807, 2.05) is 0 Å². The maximum absolute atomic E-state index is 11.9. The van der Waals surface area contributed by atoms with E-state index < -0.39 is 18.2 Å². The zero-order valence-electron chi connectivity index (χ0n) is 10.5. The van der Waals surface area contributed by atoms with Crippen LogP contribution < -0.4 is 5.32 Å². The van der Waals surface area contributed by atoms with Crippen LogP contribution in [-0.4, -0.2) is 25.3 Å². The molecule has 1 amide bonds. The van der Waals surface area contributed by atoms with Crippen LogP contribution in [0, 0.1) is 0 Å². The van der Waals surface area contributed by atoms with Gasteiger partial charge in [0.2, 0.25) is 5.91 Å². The number of anilines is 1. The Hall–Kier alpha value is -1.27. The summed E-state index contributed by atoms with van der Waals surface area (Å²) >= 11 is 6.13. The van der Waals surface area contributed by atoms with Crippen molar-refractivity contribution >= 4 is 23.2 Å². The monoisotopic (exact) mass is 307 g/mol. The lowest BCUT2D eigenvalue weighted by molar-refractivity contribution is -0.174. The zero-order chi connectivity index (χ0) is 14.8. The van der Waals surface area contributed by atoms with Crippen LogP contribution in [0.4, 0.5) is 18.9 Å². The van der Waals surface area contributed by atoms with Crippen molar-refractivity contribution in [3.63, 3.8) is 0 Å². The van der Waals surface area contributed by atoms with Gasteiger partial charge in [-0.15, -0.1) is 11.6 Å². The molecule has 1 aliphatic heterocycles. The maximum Gasteiger partial charge on any atom is 0.411 e. The van der Waals surface area contributed by atoms with Crippen LogP contribution >= 0.6 is 11.6 Å². The van der Waals surface area contributed by atoms with Gasteiger partial charge in [-0.05, 0) is 23.6 Å². The van der Waals surface area contributed by atoms with Crippen molar-refractivity contribution in [3.05, 3.63) is 29.3 Å². The number of benzene rings is 1. The normalized spacial score (nSPS) is 15.9. The lowest BCUT2D eigenvalue weighted by atomic mass is 10.0. The van der Waals surface area contributed by atoms with Crippen LogP contribution in [-0.2, 0) is 16.0 Å². The lowest BCUT2D eigenvalue weighted by Crippen LogP contribution is -2.17. The molecule has 0 aliphatic carbocycles. The Kier molecular flexibility index (Phi) is 4.55. The molecule has 1 N–H and O–H groups in total. The average Bonchev–Trinajstić information content (AvgIpc) is 2.72. The van der Waals surface area contributed by atoms with Crippen molar-refractivity contribution in [3.8, 4) is 0 Å². The molecule has 1 unspecified atom stereocenters. The van der Waals surface area contributed by atoms with Gasteiger partial charge >= 0.3 is 6.18 Å². The molecule has 0 bridgehead atoms. The number of nitrogens with one attached hydrogen (secondary N) is 1. The molecule has 0 saturated carbocycles. The molecule has 110 valence electrons. The first kappa shape index (κ1) is 15.1. The molecular weight excluding hydrogens is 295 g/mol. The van der Waals surface area contributed by atoms with Gasteiger partial charge in [-0.3, -0.25) is 4.79 Å². The molecule has 20 heavy (non-hydrogen) atoms. The number of halogens is 4. The van der Waals surface area contributed by atoms with Gasteiger partial charge in [0.1, 0.15) is 6.61 Å². The first-order chi connectivity index (χ1) is 9.35. The van der Waals surface area contributed by atoms with Crippen molar-refractivity contribution in [2.45, 2.75) is 24.4 Å². The molecule has 1 aromatic rings. The van der Waals surface area contributed by atoms with Crippen LogP contribution in [0.1, 0.15) is 22.9 Å². The van der Waals surface area contributed by atoms with E-state index in [1.165, 1.54) is 0 Å². The smallest absolute Gasteiger partial charge is 0.372 e. The van der Waals surface area contributed by atoms with Crippen molar-refractivity contribution < 1.29 is 22.7 Å². The minimum absolute atomic E-state index is 0.0675. The molecule has 0 fully saturated rings. The second kappa shape index (κ2) is 6.01. The highest BCUT2D eigenvalue weighted by atomic mass is 35.5. The van der Waals surface area contributed by atoms with Crippen molar-refractivity contribution in [1.82, 2.24) is 0 Å². The number of rotatable bonds is 5. The molecule has 0 radical (unpaired) electrons. The van der Waals surface area contributed by atoms with E-state index in [-0.39, 0.29) is 18.9 Å². The van der Waals surface area contributed by atoms with Crippen LogP contribution in [0.5, 0.6) is 0 Å². The predicted molar refractivity (Wildman–Crippen MR) is 68.9 cm³/mol. The van der Waals surface area contributed by atoms with Gasteiger partial charge in [0.05, 0.1) is 11.8 Å². The maximum atomic E-state index is 11.9. The molecular formula is C13H13ClF3NO2. The van der Waals surface area contributed by atoms with Crippen LogP contribution in [0.25, 0.3) is 0 Å². The van der Waals surface area contributed by atoms with Gasteiger partial charge in [0.15, 0.2) is 0 Å². The van der Waals surface area contributed by atoms with E-state index in [0.29, 0.717) is 6.42 Å². The lowest BCUT2D eigenvalue weighted by Gasteiger charge is -2.12. The number of carbonyl (C=O) groups excluding carboxylic acids is 1. The summed E-state index contributed by atoms with van der Waals surface area (Å²) in [6.07, 6.45) is -3.74. The quantitative estimate of drug-likeness (QED) is 0.668. The largest absolute Gasteiger partial charge is 0.411 e. The summed E-state index contributed by atoms with van der Waals surface area (Å²) in [5.41, 5.74) is 2.39. The fraction of sp³-hybridized carbons (Fsp3) is 0.462. The number of fused-ring (bicyclic) bond motifs is 1. The average molecular weight is 308 g/mol. The number of ether oxygens (including phenoxy) is 1. The van der Waals surface area contributed by atoms with Gasteiger partial charge in [0, 0.05) is 12.3 Å². The molecule has 1 aromatic carbocycles. The number of hydrogen-bond donors (Lipinski definition) is 1. The Morgan fingerprint density at radius 1 is 1.40 bits per heavy atom. The van der Waals surface area contributed by atoms with E-state index in [1.54, 1.807) is 18.2 Å². The first-order valence-electron chi connectivity index (χ1n) is 6.06. The number of hydrogen-bond acceptors (Lipinski definition) is 2. The Morgan fingerprint density at radius 3 is 2.85 bits per heavy atom. The van der Waals surface area contributed by atoms with E-state index in [4.69, 9.17) is 11.6 Å². The Balaban J connectivity index is 1.86. The van der Waals surface area contributed by atoms with Crippen LogP contribution in [0.3, 0.4) is 0 Å². The fourth-order valence-electron chi connectivity index (χ4n) is 1.99. The molecule has 1 aliphatic rings. The topological polar surface area (TPSA) is 38.3 Å². The van der Waals surface area contributed by atoms with E-state index in [9.17, 15) is 18.0 Å². The number of carbonyl (C=O) groups is 1. The van der Waals surface area contributed by atoms with Gasteiger partial charge < -0.3 is 10.1 Å². The van der Waals surface area contributed by atoms with Crippen LogP contribution in [0.15, 0.2) is 18.2 Å². The highest BCUT2D eigenvalue weighted by Crippen LogP contribution is 2.30. The summed E-state index contributed by atoms with van der Waals surface area (Å²) in [5.74, 6) is -0.0724. The number of amides is 1. The summed E-state index contributed by atoms with van der Waals surface area (Å²) in [7, 11) is 0. The summed E-state index contributed by atoms with van der Waals surface area (Å²) in [6, 6.07) is 5.31. The molecule has 0 saturated heterocycles. The number of alkyl halides is 4. The summed E-state index contributed by atoms with van der Waals surface area (Å²) in [5, 5.41) is 2.26. The van der Waals surface area contributed by atoms with E-state index in [2.05, 4.69) is 10.1 Å². The highest BCUT2D eigenvalue weighted by Gasteiger charge is 2.27. The van der Waals surface area contributed by atoms with Gasteiger partial charge in [-0.2, -0.15) is 13.2 Å². The Labute approximate surface area is 119 Å². The Morgan fingerprint density at radius 2 is 2.15 bits per heavy atom. The van der Waals surface area contributed by atoms with Crippen molar-refractivity contribution in [2.75, 3.05) is 18.5 Å². The first-order valence-corrected chi connectivity index (χ1v) is 6.50. The standard InChI is InChI=1S/C13H13ClF3NO2/c14-10(3-4-20-7-13(15,16)17)8-1-2-11-9(5-8)6-12(19)18-11/h1-2,5,10H,3-4,6-7H2,(H,18,19). The minimum atomic E-state index is -4.32. The highest BCUT2D eigenvalue weighted by molar-refractivity contribution is 6.20. The minimum Gasteiger partial charge on any atom is -0.372 e. The molecule has 0 spiro atoms. The second-order valence-corrected chi connectivity index (χ2v) is 5.09. The summed E-state index contributed by atoms with van der Waals surface area (Å²) in [6.45, 7) is -1.33. The molecule has 1 heterocycles. The predicted octanol–water partition coefficient (Wildman–Crippen LogP) is 3.43. The van der Waals surface area contributed by atoms with Crippen molar-refractivity contribution in [1.29, 1.82) is 0 Å². The van der Waals surface area contributed by atoms with Crippen LogP contribution in [0.2, 0.25) is 0 Å². The van der Waals surface area contributed by atoms with Crippen molar-refractivity contribution in [2.24, 2.45) is 0 Å².